The summed E-state index contributed by atoms with van der Waals surface area (Å²) in [7, 11) is 1.56. The minimum atomic E-state index is -0.510. The number of benzene rings is 2. The average Bonchev–Trinajstić information content (AvgIpc) is 3.27. The third kappa shape index (κ3) is 6.35. The number of carbonyl (C=O) groups excluding carboxylic acids is 2. The lowest BCUT2D eigenvalue weighted by molar-refractivity contribution is -0.384. The molecule has 2 aromatic carbocycles. The Kier molecular flexibility index (Phi) is 8.42. The Hall–Kier alpha value is -3.93. The molecule has 0 radical (unpaired) electrons. The molecule has 3 rings (SSSR count). The molecule has 1 aromatic heterocycles. The summed E-state index contributed by atoms with van der Waals surface area (Å²) in [6.45, 7) is 6.03. The van der Waals surface area contributed by atoms with Crippen molar-refractivity contribution in [2.24, 2.45) is 0 Å². The normalized spacial score (nSPS) is 11.5. The number of hydrogen-bond donors (Lipinski definition) is 2. The van der Waals surface area contributed by atoms with E-state index in [4.69, 9.17) is 4.74 Å². The van der Waals surface area contributed by atoms with Gasteiger partial charge < -0.3 is 19.9 Å². The molecule has 0 aliphatic carbocycles. The quantitative estimate of drug-likeness (QED) is 0.245. The van der Waals surface area contributed by atoms with E-state index < -0.39 is 11.0 Å². The number of non-ortho nitro benzene ring substituents is 1. The van der Waals surface area contributed by atoms with Gasteiger partial charge in [0.15, 0.2) is 11.0 Å². The molecule has 1 atom stereocenters. The second kappa shape index (κ2) is 11.5. The van der Waals surface area contributed by atoms with Crippen LogP contribution in [0.2, 0.25) is 0 Å². The largest absolute Gasteiger partial charge is 0.497 e. The Morgan fingerprint density at radius 1 is 1.20 bits per heavy atom. The van der Waals surface area contributed by atoms with Gasteiger partial charge in [-0.05, 0) is 50.6 Å². The molecular formula is C23H26N6O5S. The van der Waals surface area contributed by atoms with Crippen molar-refractivity contribution in [1.82, 2.24) is 20.1 Å². The highest BCUT2D eigenvalue weighted by Gasteiger charge is 2.20. The van der Waals surface area contributed by atoms with Crippen molar-refractivity contribution in [3.05, 3.63) is 69.5 Å². The SMILES string of the molecule is CCn1c(SCC(=O)Nc2cc([N+](=O)[O-])ccc2C)nnc1[C@H](C)NC(=O)c1ccc(OC)cc1. The number of amides is 2. The van der Waals surface area contributed by atoms with E-state index >= 15 is 0 Å². The summed E-state index contributed by atoms with van der Waals surface area (Å²) in [5.41, 5.74) is 1.49. The molecule has 11 nitrogen and oxygen atoms in total. The van der Waals surface area contributed by atoms with E-state index in [0.717, 1.165) is 5.56 Å². The first kappa shape index (κ1) is 25.7. The van der Waals surface area contributed by atoms with E-state index in [1.54, 1.807) is 44.4 Å². The van der Waals surface area contributed by atoms with Crippen LogP contribution in [-0.2, 0) is 11.3 Å². The number of anilines is 1. The summed E-state index contributed by atoms with van der Waals surface area (Å²) < 4.78 is 6.94. The van der Waals surface area contributed by atoms with Crippen molar-refractivity contribution in [3.63, 3.8) is 0 Å². The highest BCUT2D eigenvalue weighted by molar-refractivity contribution is 7.99. The van der Waals surface area contributed by atoms with Crippen LogP contribution in [-0.4, -0.2) is 44.4 Å². The molecule has 12 heteroatoms. The fourth-order valence-electron chi connectivity index (χ4n) is 3.29. The number of methoxy groups -OCH3 is 1. The number of nitro benzene ring substituents is 1. The summed E-state index contributed by atoms with van der Waals surface area (Å²) in [4.78, 5) is 35.6. The first-order chi connectivity index (χ1) is 16.7. The van der Waals surface area contributed by atoms with Crippen LogP contribution in [0.5, 0.6) is 5.75 Å². The maximum Gasteiger partial charge on any atom is 0.271 e. The predicted octanol–water partition coefficient (Wildman–Crippen LogP) is 3.75. The van der Waals surface area contributed by atoms with E-state index in [1.807, 2.05) is 18.4 Å². The Morgan fingerprint density at radius 3 is 2.54 bits per heavy atom. The van der Waals surface area contributed by atoms with Crippen LogP contribution >= 0.6 is 11.8 Å². The number of nitrogens with one attached hydrogen (secondary N) is 2. The van der Waals surface area contributed by atoms with Crippen LogP contribution in [0.1, 0.15) is 41.6 Å². The average molecular weight is 499 g/mol. The van der Waals surface area contributed by atoms with Gasteiger partial charge in [-0.15, -0.1) is 10.2 Å². The molecule has 1 heterocycles. The number of ether oxygens (including phenoxy) is 1. The van der Waals surface area contributed by atoms with Crippen molar-refractivity contribution in [2.45, 2.75) is 38.5 Å². The smallest absolute Gasteiger partial charge is 0.271 e. The Balaban J connectivity index is 1.63. The number of thioether (sulfide) groups is 1. The molecule has 0 spiro atoms. The molecule has 2 amide bonds. The molecule has 0 saturated carbocycles. The first-order valence-electron chi connectivity index (χ1n) is 10.8. The summed E-state index contributed by atoms with van der Waals surface area (Å²) >= 11 is 1.19. The number of nitrogens with zero attached hydrogens (tertiary/aromatic N) is 4. The lowest BCUT2D eigenvalue weighted by Crippen LogP contribution is -2.28. The van der Waals surface area contributed by atoms with Gasteiger partial charge in [-0.3, -0.25) is 19.7 Å². The Morgan fingerprint density at radius 2 is 1.91 bits per heavy atom. The topological polar surface area (TPSA) is 141 Å². The van der Waals surface area contributed by atoms with Crippen molar-refractivity contribution in [3.8, 4) is 5.75 Å². The van der Waals surface area contributed by atoms with Crippen LogP contribution in [0, 0.1) is 17.0 Å². The number of nitro groups is 1. The molecule has 0 fully saturated rings. The number of carbonyl (C=O) groups is 2. The monoisotopic (exact) mass is 498 g/mol. The molecular weight excluding hydrogens is 472 g/mol. The lowest BCUT2D eigenvalue weighted by Gasteiger charge is -2.15. The molecule has 0 aliphatic rings. The van der Waals surface area contributed by atoms with Crippen molar-refractivity contribution in [1.29, 1.82) is 0 Å². The third-order valence-corrected chi connectivity index (χ3v) is 6.15. The standard InChI is InChI=1S/C23H26N6O5S/c1-5-28-21(15(3)24-22(31)16-7-10-18(34-4)11-8-16)26-27-23(28)35-13-20(30)25-19-12-17(29(32)33)9-6-14(19)2/h6-12,15H,5,13H2,1-4H3,(H,24,31)(H,25,30)/t15-/m0/s1. The molecule has 3 aromatic rings. The van der Waals surface area contributed by atoms with Gasteiger partial charge in [-0.25, -0.2) is 0 Å². The van der Waals surface area contributed by atoms with Crippen molar-refractivity contribution >= 4 is 35.0 Å². The highest BCUT2D eigenvalue weighted by Crippen LogP contribution is 2.24. The zero-order chi connectivity index (χ0) is 25.5. The molecule has 0 saturated heterocycles. The summed E-state index contributed by atoms with van der Waals surface area (Å²) in [6, 6.07) is 10.7. The van der Waals surface area contributed by atoms with Crippen LogP contribution in [0.3, 0.4) is 0 Å². The second-order valence-electron chi connectivity index (χ2n) is 7.60. The fraction of sp³-hybridized carbons (Fsp3) is 0.304. The number of hydrogen-bond acceptors (Lipinski definition) is 8. The number of rotatable bonds is 10. The van der Waals surface area contributed by atoms with Gasteiger partial charge in [-0.1, -0.05) is 17.8 Å². The van der Waals surface area contributed by atoms with Crippen LogP contribution in [0.25, 0.3) is 0 Å². The maximum atomic E-state index is 12.6. The van der Waals surface area contributed by atoms with E-state index in [2.05, 4.69) is 20.8 Å². The summed E-state index contributed by atoms with van der Waals surface area (Å²) in [5.74, 6) is 0.671. The van der Waals surface area contributed by atoms with Gasteiger partial charge in [0.05, 0.1) is 29.5 Å². The van der Waals surface area contributed by atoms with E-state index in [0.29, 0.717) is 34.5 Å². The highest BCUT2D eigenvalue weighted by atomic mass is 32.2. The zero-order valence-corrected chi connectivity index (χ0v) is 20.6. The van der Waals surface area contributed by atoms with Crippen LogP contribution in [0.15, 0.2) is 47.6 Å². The van der Waals surface area contributed by atoms with E-state index in [1.165, 1.54) is 23.9 Å². The van der Waals surface area contributed by atoms with Gasteiger partial charge >= 0.3 is 0 Å². The first-order valence-corrected chi connectivity index (χ1v) is 11.8. The maximum absolute atomic E-state index is 12.6. The molecule has 35 heavy (non-hydrogen) atoms. The minimum Gasteiger partial charge on any atom is -0.497 e. The summed E-state index contributed by atoms with van der Waals surface area (Å²) in [5, 5.41) is 25.5. The van der Waals surface area contributed by atoms with Crippen molar-refractivity contribution in [2.75, 3.05) is 18.2 Å². The Labute approximate surface area is 206 Å². The van der Waals surface area contributed by atoms with Crippen LogP contribution < -0.4 is 15.4 Å². The molecule has 0 bridgehead atoms. The zero-order valence-electron chi connectivity index (χ0n) is 19.8. The van der Waals surface area contributed by atoms with Gasteiger partial charge in [-0.2, -0.15) is 0 Å². The molecule has 0 aliphatic heterocycles. The van der Waals surface area contributed by atoms with Gasteiger partial charge in [0.1, 0.15) is 5.75 Å². The van der Waals surface area contributed by atoms with Gasteiger partial charge in [0.2, 0.25) is 5.91 Å². The Bertz CT molecular complexity index is 1230. The number of aromatic nitrogens is 3. The van der Waals surface area contributed by atoms with E-state index in [-0.39, 0.29) is 23.3 Å². The van der Waals surface area contributed by atoms with E-state index in [9.17, 15) is 19.7 Å². The van der Waals surface area contributed by atoms with Crippen LogP contribution in [0.4, 0.5) is 11.4 Å². The second-order valence-corrected chi connectivity index (χ2v) is 8.54. The third-order valence-electron chi connectivity index (χ3n) is 5.19. The summed E-state index contributed by atoms with van der Waals surface area (Å²) in [6.07, 6.45) is 0. The molecule has 0 unspecified atom stereocenters. The van der Waals surface area contributed by atoms with Gasteiger partial charge in [0.25, 0.3) is 11.6 Å². The van der Waals surface area contributed by atoms with Crippen molar-refractivity contribution < 1.29 is 19.2 Å². The molecule has 184 valence electrons. The fourth-order valence-corrected chi connectivity index (χ4v) is 4.10. The predicted molar refractivity (Wildman–Crippen MR) is 132 cm³/mol. The van der Waals surface area contributed by atoms with Gasteiger partial charge in [0, 0.05) is 24.2 Å². The lowest BCUT2D eigenvalue weighted by atomic mass is 10.2. The molecule has 2 N–H and O–H groups in total. The number of aryl methyl sites for hydroxylation is 1. The minimum absolute atomic E-state index is 0.0346.